The number of aromatic nitrogens is 1. The summed E-state index contributed by atoms with van der Waals surface area (Å²) in [6.07, 6.45) is 4.21. The van der Waals surface area contributed by atoms with Crippen LogP contribution in [-0.4, -0.2) is 23.6 Å². The van der Waals surface area contributed by atoms with Gasteiger partial charge in [-0.1, -0.05) is 43.3 Å². The van der Waals surface area contributed by atoms with Gasteiger partial charge in [0.25, 0.3) is 5.91 Å². The Morgan fingerprint density at radius 2 is 1.88 bits per heavy atom. The minimum Gasteiger partial charge on any atom is -0.463 e. The van der Waals surface area contributed by atoms with Crippen LogP contribution in [0.25, 0.3) is 17.0 Å². The molecular weight excluding hydrogens is 430 g/mol. The lowest BCUT2D eigenvalue weighted by molar-refractivity contribution is -0.112. The normalized spacial score (nSPS) is 11.3. The first-order chi connectivity index (χ1) is 16.5. The molecule has 4 rings (SSSR count). The van der Waals surface area contributed by atoms with E-state index in [1.54, 1.807) is 18.2 Å². The Morgan fingerprint density at radius 3 is 2.65 bits per heavy atom. The number of nitrogens with zero attached hydrogens (tertiary/aromatic N) is 2. The number of fused-ring (bicyclic) bond motifs is 1. The molecule has 0 fully saturated rings. The second kappa shape index (κ2) is 9.92. The van der Waals surface area contributed by atoms with Gasteiger partial charge in [-0.2, -0.15) is 5.26 Å². The molecule has 1 amide bonds. The van der Waals surface area contributed by atoms with E-state index in [1.165, 1.54) is 7.11 Å². The zero-order valence-corrected chi connectivity index (χ0v) is 18.9. The number of methoxy groups -OCH3 is 1. The largest absolute Gasteiger partial charge is 0.463 e. The Bertz CT molecular complexity index is 1440. The third-order valence-electron chi connectivity index (χ3n) is 5.51. The number of benzene rings is 2. The molecule has 0 saturated heterocycles. The summed E-state index contributed by atoms with van der Waals surface area (Å²) in [7, 11) is 1.30. The monoisotopic (exact) mass is 453 g/mol. The smallest absolute Gasteiger partial charge is 0.373 e. The average molecular weight is 453 g/mol. The van der Waals surface area contributed by atoms with Crippen LogP contribution < -0.4 is 5.32 Å². The molecule has 7 heteroatoms. The zero-order valence-electron chi connectivity index (χ0n) is 18.9. The Kier molecular flexibility index (Phi) is 6.60. The van der Waals surface area contributed by atoms with Crippen LogP contribution in [0.4, 0.5) is 5.69 Å². The van der Waals surface area contributed by atoms with E-state index < -0.39 is 11.9 Å². The van der Waals surface area contributed by atoms with Crippen molar-refractivity contribution in [2.75, 3.05) is 12.4 Å². The van der Waals surface area contributed by atoms with Crippen molar-refractivity contribution in [1.29, 1.82) is 5.26 Å². The van der Waals surface area contributed by atoms with Crippen LogP contribution in [0, 0.1) is 11.3 Å². The van der Waals surface area contributed by atoms with Gasteiger partial charge in [-0.05, 0) is 42.3 Å². The molecule has 0 saturated carbocycles. The Morgan fingerprint density at radius 1 is 1.12 bits per heavy atom. The lowest BCUT2D eigenvalue weighted by Gasteiger charge is -2.08. The molecule has 2 aromatic heterocycles. The van der Waals surface area contributed by atoms with E-state index in [1.807, 2.05) is 72.3 Å². The number of nitriles is 1. The van der Waals surface area contributed by atoms with Crippen molar-refractivity contribution in [1.82, 2.24) is 4.57 Å². The van der Waals surface area contributed by atoms with Gasteiger partial charge in [0.15, 0.2) is 0 Å². The van der Waals surface area contributed by atoms with Gasteiger partial charge in [0, 0.05) is 28.4 Å². The topological polar surface area (TPSA) is 97.3 Å². The Balaban J connectivity index is 1.66. The molecule has 0 aliphatic heterocycles. The number of anilines is 1. The van der Waals surface area contributed by atoms with Crippen LogP contribution in [0.3, 0.4) is 0 Å². The van der Waals surface area contributed by atoms with Crippen molar-refractivity contribution in [2.24, 2.45) is 0 Å². The molecule has 4 aromatic rings. The number of hydrogen-bond acceptors (Lipinski definition) is 5. The minimum atomic E-state index is -0.540. The van der Waals surface area contributed by atoms with Crippen LogP contribution in [0.2, 0.25) is 0 Å². The standard InChI is InChI=1S/C27H23N3O4/c1-3-18-8-4-6-10-23(18)29-26(31)19(15-28)14-20-16-30(24-11-7-5-9-22(20)24)17-21-12-13-25(34-21)27(32)33-2/h4-14,16H,3,17H2,1-2H3,(H,29,31)/b19-14-. The van der Waals surface area contributed by atoms with E-state index in [9.17, 15) is 14.9 Å². The van der Waals surface area contributed by atoms with Gasteiger partial charge in [0.2, 0.25) is 5.76 Å². The van der Waals surface area contributed by atoms with Crippen LogP contribution >= 0.6 is 0 Å². The van der Waals surface area contributed by atoms with Crippen LogP contribution in [0.15, 0.2) is 76.9 Å². The number of aryl methyl sites for hydroxylation is 1. The zero-order chi connectivity index (χ0) is 24.1. The van der Waals surface area contributed by atoms with Crippen LogP contribution in [0.5, 0.6) is 0 Å². The van der Waals surface area contributed by atoms with E-state index in [4.69, 9.17) is 9.15 Å². The first kappa shape index (κ1) is 22.6. The fourth-order valence-corrected chi connectivity index (χ4v) is 3.81. The van der Waals surface area contributed by atoms with Crippen molar-refractivity contribution in [3.8, 4) is 6.07 Å². The molecule has 0 aliphatic rings. The number of hydrogen-bond donors (Lipinski definition) is 1. The lowest BCUT2D eigenvalue weighted by Crippen LogP contribution is -2.14. The summed E-state index contributed by atoms with van der Waals surface area (Å²) < 4.78 is 12.2. The maximum Gasteiger partial charge on any atom is 0.373 e. The fourth-order valence-electron chi connectivity index (χ4n) is 3.81. The highest BCUT2D eigenvalue weighted by Crippen LogP contribution is 2.26. The second-order valence-electron chi connectivity index (χ2n) is 7.62. The number of para-hydroxylation sites is 2. The maximum absolute atomic E-state index is 12.9. The van der Waals surface area contributed by atoms with Crippen LogP contribution in [-0.2, 0) is 22.5 Å². The number of nitrogens with one attached hydrogen (secondary N) is 1. The van der Waals surface area contributed by atoms with Gasteiger partial charge in [-0.25, -0.2) is 4.79 Å². The highest BCUT2D eigenvalue weighted by Gasteiger charge is 2.16. The van der Waals surface area contributed by atoms with Crippen LogP contribution in [0.1, 0.15) is 34.4 Å². The predicted molar refractivity (Wildman–Crippen MR) is 129 cm³/mol. The molecule has 0 aliphatic carbocycles. The average Bonchev–Trinajstić information content (AvgIpc) is 3.47. The fraction of sp³-hybridized carbons (Fsp3) is 0.148. The van der Waals surface area contributed by atoms with Crippen molar-refractivity contribution in [2.45, 2.75) is 19.9 Å². The highest BCUT2D eigenvalue weighted by molar-refractivity contribution is 6.11. The Hall–Kier alpha value is -4.57. The summed E-state index contributed by atoms with van der Waals surface area (Å²) in [4.78, 5) is 24.6. The number of carbonyl (C=O) groups excluding carboxylic acids is 2. The second-order valence-corrected chi connectivity index (χ2v) is 7.62. The van der Waals surface area contributed by atoms with E-state index in [2.05, 4.69) is 5.32 Å². The summed E-state index contributed by atoms with van der Waals surface area (Å²) in [5.74, 6) is -0.300. The van der Waals surface area contributed by atoms with Gasteiger partial charge in [-0.3, -0.25) is 4.79 Å². The summed E-state index contributed by atoms with van der Waals surface area (Å²) >= 11 is 0. The summed E-state index contributed by atoms with van der Waals surface area (Å²) in [6.45, 7) is 2.37. The molecule has 2 aromatic carbocycles. The molecule has 0 atom stereocenters. The van der Waals surface area contributed by atoms with Gasteiger partial charge >= 0.3 is 5.97 Å². The van der Waals surface area contributed by atoms with Crippen molar-refractivity contribution in [3.63, 3.8) is 0 Å². The highest BCUT2D eigenvalue weighted by atomic mass is 16.5. The molecule has 2 heterocycles. The summed E-state index contributed by atoms with van der Waals surface area (Å²) in [5, 5.41) is 13.4. The summed E-state index contributed by atoms with van der Waals surface area (Å²) in [6, 6.07) is 20.5. The number of ether oxygens (including phenoxy) is 1. The van der Waals surface area contributed by atoms with Gasteiger partial charge < -0.3 is 19.0 Å². The first-order valence-electron chi connectivity index (χ1n) is 10.8. The third kappa shape index (κ3) is 4.62. The van der Waals surface area contributed by atoms with Crippen molar-refractivity contribution < 1.29 is 18.7 Å². The molecule has 0 unspecified atom stereocenters. The number of esters is 1. The number of amides is 1. The van der Waals surface area contributed by atoms with Crippen molar-refractivity contribution in [3.05, 3.63) is 95.1 Å². The number of furan rings is 1. The molecule has 7 nitrogen and oxygen atoms in total. The van der Waals surface area contributed by atoms with Crippen molar-refractivity contribution >= 4 is 34.5 Å². The molecular formula is C27H23N3O4. The molecule has 0 spiro atoms. The minimum absolute atomic E-state index is 0.000199. The van der Waals surface area contributed by atoms with Gasteiger partial charge in [0.05, 0.1) is 13.7 Å². The van der Waals surface area contributed by atoms with E-state index in [0.29, 0.717) is 18.0 Å². The summed E-state index contributed by atoms with van der Waals surface area (Å²) in [5.41, 5.74) is 3.32. The number of rotatable bonds is 7. The third-order valence-corrected chi connectivity index (χ3v) is 5.51. The molecule has 0 radical (unpaired) electrons. The maximum atomic E-state index is 12.9. The van der Waals surface area contributed by atoms with Gasteiger partial charge in [0.1, 0.15) is 17.4 Å². The van der Waals surface area contributed by atoms with Gasteiger partial charge in [-0.15, -0.1) is 0 Å². The molecule has 1 N–H and O–H groups in total. The SMILES string of the molecule is CCc1ccccc1NC(=O)/C(C#N)=C\c1cn(Cc2ccc(C(=O)OC)o2)c2ccccc12. The quantitative estimate of drug-likeness (QED) is 0.236. The Labute approximate surface area is 196 Å². The number of carbonyl (C=O) groups is 2. The predicted octanol–water partition coefficient (Wildman–Crippen LogP) is 5.18. The van der Waals surface area contributed by atoms with E-state index in [0.717, 1.165) is 28.5 Å². The molecule has 0 bridgehead atoms. The van der Waals surface area contributed by atoms with E-state index >= 15 is 0 Å². The molecule has 170 valence electrons. The molecule has 34 heavy (non-hydrogen) atoms. The van der Waals surface area contributed by atoms with E-state index in [-0.39, 0.29) is 11.3 Å². The lowest BCUT2D eigenvalue weighted by atomic mass is 10.1. The first-order valence-corrected chi connectivity index (χ1v) is 10.8.